The van der Waals surface area contributed by atoms with E-state index < -0.39 is 6.09 Å². The highest BCUT2D eigenvalue weighted by Crippen LogP contribution is 2.44. The number of carbonyl (C=O) groups is 2. The molecule has 0 saturated carbocycles. The fourth-order valence-corrected chi connectivity index (χ4v) is 4.24. The second kappa shape index (κ2) is 8.63. The van der Waals surface area contributed by atoms with Crippen LogP contribution in [0.3, 0.4) is 0 Å². The molecule has 1 aliphatic rings. The highest BCUT2D eigenvalue weighted by molar-refractivity contribution is 6.09. The van der Waals surface area contributed by atoms with E-state index in [0.29, 0.717) is 16.8 Å². The van der Waals surface area contributed by atoms with Crippen molar-refractivity contribution in [3.05, 3.63) is 119 Å². The van der Waals surface area contributed by atoms with E-state index in [1.807, 2.05) is 24.3 Å². The van der Waals surface area contributed by atoms with Crippen molar-refractivity contribution < 1.29 is 19.4 Å². The molecule has 0 aromatic heterocycles. The van der Waals surface area contributed by atoms with Crippen LogP contribution in [0.4, 0.5) is 10.5 Å². The SMILES string of the molecule is O=C(Nc1ccc(C(=O)c2ccc(O)cc2)cc1)OCC1c2ccccc2-c2ccccc21. The number of phenolic OH excluding ortho intramolecular Hbond substituents is 1. The van der Waals surface area contributed by atoms with Crippen molar-refractivity contribution in [3.63, 3.8) is 0 Å². The quantitative estimate of drug-likeness (QED) is 0.378. The van der Waals surface area contributed by atoms with Crippen molar-refractivity contribution in [3.8, 4) is 16.9 Å². The third-order valence-corrected chi connectivity index (χ3v) is 5.87. The Morgan fingerprint density at radius 3 is 1.82 bits per heavy atom. The molecule has 5 rings (SSSR count). The van der Waals surface area contributed by atoms with Gasteiger partial charge in [0.2, 0.25) is 0 Å². The molecule has 5 heteroatoms. The fourth-order valence-electron chi connectivity index (χ4n) is 4.24. The lowest BCUT2D eigenvalue weighted by Crippen LogP contribution is -2.18. The number of aromatic hydroxyl groups is 1. The maximum atomic E-state index is 12.5. The summed E-state index contributed by atoms with van der Waals surface area (Å²) in [4.78, 5) is 25.0. The predicted molar refractivity (Wildman–Crippen MR) is 127 cm³/mol. The average molecular weight is 435 g/mol. The van der Waals surface area contributed by atoms with Crippen LogP contribution in [0, 0.1) is 0 Å². The average Bonchev–Trinajstić information content (AvgIpc) is 3.17. The van der Waals surface area contributed by atoms with Crippen molar-refractivity contribution in [2.24, 2.45) is 0 Å². The van der Waals surface area contributed by atoms with Crippen LogP contribution < -0.4 is 5.32 Å². The number of carbonyl (C=O) groups excluding carboxylic acids is 2. The van der Waals surface area contributed by atoms with E-state index in [-0.39, 0.29) is 24.1 Å². The number of benzene rings is 4. The number of phenols is 1. The molecule has 0 fully saturated rings. The van der Waals surface area contributed by atoms with Crippen LogP contribution >= 0.6 is 0 Å². The van der Waals surface area contributed by atoms with E-state index in [4.69, 9.17) is 4.74 Å². The molecule has 0 bridgehead atoms. The lowest BCUT2D eigenvalue weighted by atomic mass is 9.98. The molecule has 0 heterocycles. The van der Waals surface area contributed by atoms with Crippen LogP contribution in [-0.4, -0.2) is 23.6 Å². The van der Waals surface area contributed by atoms with Gasteiger partial charge in [0, 0.05) is 22.7 Å². The Hall–Kier alpha value is -4.38. The molecule has 5 nitrogen and oxygen atoms in total. The zero-order chi connectivity index (χ0) is 22.8. The molecule has 0 atom stereocenters. The molecule has 0 unspecified atom stereocenters. The van der Waals surface area contributed by atoms with Gasteiger partial charge in [-0.05, 0) is 70.8 Å². The van der Waals surface area contributed by atoms with Gasteiger partial charge in [0.25, 0.3) is 0 Å². The zero-order valence-electron chi connectivity index (χ0n) is 17.7. The van der Waals surface area contributed by atoms with Crippen molar-refractivity contribution in [1.82, 2.24) is 0 Å². The van der Waals surface area contributed by atoms with E-state index in [0.717, 1.165) is 11.1 Å². The molecule has 0 spiro atoms. The second-order valence-corrected chi connectivity index (χ2v) is 7.90. The molecule has 0 aliphatic heterocycles. The van der Waals surface area contributed by atoms with Crippen molar-refractivity contribution in [2.45, 2.75) is 5.92 Å². The molecular weight excluding hydrogens is 414 g/mol. The van der Waals surface area contributed by atoms with E-state index in [9.17, 15) is 14.7 Å². The summed E-state index contributed by atoms with van der Waals surface area (Å²) in [6.07, 6.45) is -0.547. The van der Waals surface area contributed by atoms with Crippen LogP contribution in [0.2, 0.25) is 0 Å². The minimum absolute atomic E-state index is 0.00606. The van der Waals surface area contributed by atoms with Gasteiger partial charge in [0.15, 0.2) is 5.78 Å². The third kappa shape index (κ3) is 4.08. The maximum Gasteiger partial charge on any atom is 0.411 e. The van der Waals surface area contributed by atoms with Gasteiger partial charge in [0.1, 0.15) is 12.4 Å². The monoisotopic (exact) mass is 435 g/mol. The van der Waals surface area contributed by atoms with Crippen LogP contribution in [0.15, 0.2) is 97.1 Å². The molecule has 33 heavy (non-hydrogen) atoms. The highest BCUT2D eigenvalue weighted by atomic mass is 16.5. The van der Waals surface area contributed by atoms with E-state index in [1.54, 1.807) is 36.4 Å². The van der Waals surface area contributed by atoms with Crippen LogP contribution in [-0.2, 0) is 4.74 Å². The highest BCUT2D eigenvalue weighted by Gasteiger charge is 2.29. The van der Waals surface area contributed by atoms with Gasteiger partial charge in [-0.15, -0.1) is 0 Å². The summed E-state index contributed by atoms with van der Waals surface area (Å²) in [5.74, 6) is -0.0645. The van der Waals surface area contributed by atoms with Crippen LogP contribution in [0.5, 0.6) is 5.75 Å². The lowest BCUT2D eigenvalue weighted by Gasteiger charge is -2.14. The van der Waals surface area contributed by atoms with Gasteiger partial charge in [-0.2, -0.15) is 0 Å². The first-order valence-corrected chi connectivity index (χ1v) is 10.7. The smallest absolute Gasteiger partial charge is 0.411 e. The summed E-state index contributed by atoms with van der Waals surface area (Å²) in [6, 6.07) is 29.1. The number of anilines is 1. The molecule has 4 aromatic rings. The fraction of sp³-hybridized carbons (Fsp3) is 0.0714. The van der Waals surface area contributed by atoms with Gasteiger partial charge in [-0.1, -0.05) is 48.5 Å². The molecule has 162 valence electrons. The Kier molecular flexibility index (Phi) is 5.37. The molecular formula is C28H21NO4. The largest absolute Gasteiger partial charge is 0.508 e. The van der Waals surface area contributed by atoms with Crippen molar-refractivity contribution >= 4 is 17.6 Å². The molecule has 1 amide bonds. The van der Waals surface area contributed by atoms with E-state index >= 15 is 0 Å². The van der Waals surface area contributed by atoms with Crippen molar-refractivity contribution in [2.75, 3.05) is 11.9 Å². The van der Waals surface area contributed by atoms with Gasteiger partial charge in [-0.3, -0.25) is 10.1 Å². The van der Waals surface area contributed by atoms with Crippen LogP contribution in [0.25, 0.3) is 11.1 Å². The maximum absolute atomic E-state index is 12.5. The van der Waals surface area contributed by atoms with Gasteiger partial charge < -0.3 is 9.84 Å². The molecule has 4 aromatic carbocycles. The first kappa shape index (κ1) is 20.5. The minimum Gasteiger partial charge on any atom is -0.508 e. The third-order valence-electron chi connectivity index (χ3n) is 5.87. The van der Waals surface area contributed by atoms with Crippen LogP contribution in [0.1, 0.15) is 33.0 Å². The number of nitrogens with one attached hydrogen (secondary N) is 1. The summed E-state index contributed by atoms with van der Waals surface area (Å²) in [7, 11) is 0. The van der Waals surface area contributed by atoms with E-state index in [1.165, 1.54) is 23.3 Å². The summed E-state index contributed by atoms with van der Waals surface area (Å²) in [6.45, 7) is 0.233. The molecule has 1 aliphatic carbocycles. The summed E-state index contributed by atoms with van der Waals surface area (Å²) in [5.41, 5.74) is 6.16. The Morgan fingerprint density at radius 2 is 1.24 bits per heavy atom. The number of amides is 1. The molecule has 0 saturated heterocycles. The van der Waals surface area contributed by atoms with Crippen molar-refractivity contribution in [1.29, 1.82) is 0 Å². The number of rotatable bonds is 5. The van der Waals surface area contributed by atoms with Gasteiger partial charge >= 0.3 is 6.09 Å². The molecule has 2 N–H and O–H groups in total. The Morgan fingerprint density at radius 1 is 0.727 bits per heavy atom. The normalized spacial score (nSPS) is 12.0. The first-order chi connectivity index (χ1) is 16.1. The topological polar surface area (TPSA) is 75.6 Å². The minimum atomic E-state index is -0.547. The summed E-state index contributed by atoms with van der Waals surface area (Å²) < 4.78 is 5.56. The predicted octanol–water partition coefficient (Wildman–Crippen LogP) is 5.98. The second-order valence-electron chi connectivity index (χ2n) is 7.90. The number of ether oxygens (including phenoxy) is 1. The van der Waals surface area contributed by atoms with E-state index in [2.05, 4.69) is 29.6 Å². The standard InChI is InChI=1S/C28H21NO4/c30-21-15-11-19(12-16-21)27(31)18-9-13-20(14-10-18)29-28(32)33-17-26-24-7-3-1-5-22(24)23-6-2-4-8-25(23)26/h1-16,26,30H,17H2,(H,29,32). The Labute approximate surface area is 191 Å². The summed E-state index contributed by atoms with van der Waals surface area (Å²) in [5, 5.41) is 12.1. The number of hydrogen-bond donors (Lipinski definition) is 2. The zero-order valence-corrected chi connectivity index (χ0v) is 17.7. The van der Waals surface area contributed by atoms with Gasteiger partial charge in [0.05, 0.1) is 0 Å². The lowest BCUT2D eigenvalue weighted by molar-refractivity contribution is 0.103. The van der Waals surface area contributed by atoms with Gasteiger partial charge in [-0.25, -0.2) is 4.79 Å². The number of hydrogen-bond acceptors (Lipinski definition) is 4. The summed E-state index contributed by atoms with van der Waals surface area (Å²) >= 11 is 0. The first-order valence-electron chi connectivity index (χ1n) is 10.7. The Balaban J connectivity index is 1.23. The number of fused-ring (bicyclic) bond motifs is 3. The Bertz CT molecular complexity index is 1280. The number of ketones is 1. The molecule has 0 radical (unpaired) electrons.